The monoisotopic (exact) mass is 250 g/mol. The summed E-state index contributed by atoms with van der Waals surface area (Å²) < 4.78 is 37.1. The molecule has 1 aromatic rings. The molecule has 3 nitrogen and oxygen atoms in total. The minimum absolute atomic E-state index is 0.166. The van der Waals surface area contributed by atoms with E-state index in [0.29, 0.717) is 0 Å². The van der Waals surface area contributed by atoms with Crippen molar-refractivity contribution in [1.82, 2.24) is 0 Å². The van der Waals surface area contributed by atoms with Crippen LogP contribution in [0.2, 0.25) is 0 Å². The Kier molecular flexibility index (Phi) is 4.13. The lowest BCUT2D eigenvalue weighted by Crippen LogP contribution is -2.23. The van der Waals surface area contributed by atoms with Gasteiger partial charge in [0, 0.05) is 0 Å². The number of aliphatic hydroxyl groups is 3. The van der Waals surface area contributed by atoms with Gasteiger partial charge in [0.05, 0.1) is 12.2 Å². The molecule has 0 saturated carbocycles. The Hall–Kier alpha value is -1.11. The van der Waals surface area contributed by atoms with Crippen molar-refractivity contribution in [2.45, 2.75) is 25.3 Å². The summed E-state index contributed by atoms with van der Waals surface area (Å²) in [5.41, 5.74) is -0.441. The minimum Gasteiger partial charge on any atom is -0.394 e. The van der Waals surface area contributed by atoms with E-state index >= 15 is 0 Å². The van der Waals surface area contributed by atoms with Crippen molar-refractivity contribution >= 4 is 0 Å². The Morgan fingerprint density at radius 1 is 1.24 bits per heavy atom. The Bertz CT molecular complexity index is 390. The van der Waals surface area contributed by atoms with Crippen LogP contribution in [-0.2, 0) is 6.18 Å². The van der Waals surface area contributed by atoms with Gasteiger partial charge in [-0.15, -0.1) is 0 Å². The molecule has 1 aromatic carbocycles. The van der Waals surface area contributed by atoms with Crippen LogP contribution in [0.25, 0.3) is 0 Å². The van der Waals surface area contributed by atoms with Crippen LogP contribution >= 0.6 is 0 Å². The fourth-order valence-electron chi connectivity index (χ4n) is 1.49. The average molecular weight is 250 g/mol. The normalized spacial score (nSPS) is 15.7. The summed E-state index contributed by atoms with van der Waals surface area (Å²) in [7, 11) is 0. The van der Waals surface area contributed by atoms with Gasteiger partial charge in [-0.1, -0.05) is 6.07 Å². The third-order valence-electron chi connectivity index (χ3n) is 2.47. The van der Waals surface area contributed by atoms with Crippen molar-refractivity contribution in [2.75, 3.05) is 6.61 Å². The van der Waals surface area contributed by atoms with Crippen LogP contribution in [0.15, 0.2) is 18.2 Å². The zero-order valence-corrected chi connectivity index (χ0v) is 9.07. The van der Waals surface area contributed by atoms with Gasteiger partial charge in [-0.05, 0) is 30.2 Å². The SMILES string of the molecule is Cc1cc(C(F)(F)F)ccc1C(O)C(O)CO. The van der Waals surface area contributed by atoms with Gasteiger partial charge in [0.15, 0.2) is 0 Å². The van der Waals surface area contributed by atoms with Crippen LogP contribution in [0.4, 0.5) is 13.2 Å². The van der Waals surface area contributed by atoms with E-state index in [1.54, 1.807) is 0 Å². The van der Waals surface area contributed by atoms with Gasteiger partial charge < -0.3 is 15.3 Å². The maximum absolute atomic E-state index is 12.4. The molecule has 0 spiro atoms. The number of aliphatic hydroxyl groups excluding tert-OH is 3. The molecule has 6 heteroatoms. The Morgan fingerprint density at radius 3 is 2.24 bits per heavy atom. The fourth-order valence-corrected chi connectivity index (χ4v) is 1.49. The van der Waals surface area contributed by atoms with Crippen molar-refractivity contribution in [3.05, 3.63) is 34.9 Å². The summed E-state index contributed by atoms with van der Waals surface area (Å²) in [5, 5.41) is 27.4. The van der Waals surface area contributed by atoms with E-state index in [-0.39, 0.29) is 11.1 Å². The maximum atomic E-state index is 12.4. The number of alkyl halides is 3. The molecule has 0 aliphatic heterocycles. The molecule has 0 saturated heterocycles. The third kappa shape index (κ3) is 3.18. The van der Waals surface area contributed by atoms with Crippen LogP contribution in [0.1, 0.15) is 22.8 Å². The second-order valence-corrected chi connectivity index (χ2v) is 3.76. The van der Waals surface area contributed by atoms with E-state index in [1.165, 1.54) is 6.92 Å². The summed E-state index contributed by atoms with van der Waals surface area (Å²) in [4.78, 5) is 0. The number of halogens is 3. The molecule has 0 aromatic heterocycles. The standard InChI is InChI=1S/C11H13F3O3/c1-6-4-7(11(12,13)14)2-3-8(6)10(17)9(16)5-15/h2-4,9-10,15-17H,5H2,1H3. The van der Waals surface area contributed by atoms with Gasteiger partial charge in [-0.25, -0.2) is 0 Å². The Labute approximate surface area is 96.1 Å². The van der Waals surface area contributed by atoms with E-state index in [2.05, 4.69) is 0 Å². The topological polar surface area (TPSA) is 60.7 Å². The first-order chi connectivity index (χ1) is 7.77. The van der Waals surface area contributed by atoms with E-state index in [9.17, 15) is 23.4 Å². The molecule has 0 amide bonds. The summed E-state index contributed by atoms with van der Waals surface area (Å²) in [6.45, 7) is 0.736. The van der Waals surface area contributed by atoms with Crippen molar-refractivity contribution < 1.29 is 28.5 Å². The lowest BCUT2D eigenvalue weighted by Gasteiger charge is -2.19. The molecule has 0 aliphatic rings. The molecule has 17 heavy (non-hydrogen) atoms. The summed E-state index contributed by atoms with van der Waals surface area (Å²) in [6, 6.07) is 2.82. The highest BCUT2D eigenvalue weighted by Crippen LogP contribution is 2.32. The van der Waals surface area contributed by atoms with Gasteiger partial charge >= 0.3 is 6.18 Å². The van der Waals surface area contributed by atoms with E-state index < -0.39 is 30.6 Å². The highest BCUT2D eigenvalue weighted by Gasteiger charge is 2.31. The first kappa shape index (κ1) is 14.0. The number of hydrogen-bond donors (Lipinski definition) is 3. The lowest BCUT2D eigenvalue weighted by molar-refractivity contribution is -0.137. The summed E-state index contributed by atoms with van der Waals surface area (Å²) in [6.07, 6.45) is -7.25. The number of aryl methyl sites for hydroxylation is 1. The molecule has 0 bridgehead atoms. The van der Waals surface area contributed by atoms with E-state index in [1.807, 2.05) is 0 Å². The smallest absolute Gasteiger partial charge is 0.394 e. The largest absolute Gasteiger partial charge is 0.416 e. The highest BCUT2D eigenvalue weighted by molar-refractivity contribution is 5.34. The van der Waals surface area contributed by atoms with Crippen LogP contribution in [0.5, 0.6) is 0 Å². The van der Waals surface area contributed by atoms with Crippen molar-refractivity contribution in [1.29, 1.82) is 0 Å². The van der Waals surface area contributed by atoms with Crippen molar-refractivity contribution in [2.24, 2.45) is 0 Å². The molecule has 2 atom stereocenters. The fraction of sp³-hybridized carbons (Fsp3) is 0.455. The molecule has 1 rings (SSSR count). The van der Waals surface area contributed by atoms with Crippen LogP contribution in [0.3, 0.4) is 0 Å². The number of rotatable bonds is 3. The predicted octanol–water partition coefficient (Wildman–Crippen LogP) is 1.40. The average Bonchev–Trinajstić information content (AvgIpc) is 2.25. The number of benzene rings is 1. The van der Waals surface area contributed by atoms with Gasteiger partial charge in [-0.2, -0.15) is 13.2 Å². The second-order valence-electron chi connectivity index (χ2n) is 3.76. The van der Waals surface area contributed by atoms with Gasteiger partial charge in [0.1, 0.15) is 12.2 Å². The quantitative estimate of drug-likeness (QED) is 0.760. The molecular formula is C11H13F3O3. The molecular weight excluding hydrogens is 237 g/mol. The summed E-state index contributed by atoms with van der Waals surface area (Å²) >= 11 is 0. The third-order valence-corrected chi connectivity index (χ3v) is 2.47. The van der Waals surface area contributed by atoms with E-state index in [4.69, 9.17) is 5.11 Å². The molecule has 3 N–H and O–H groups in total. The lowest BCUT2D eigenvalue weighted by atomic mass is 9.97. The van der Waals surface area contributed by atoms with Crippen LogP contribution in [0, 0.1) is 6.92 Å². The minimum atomic E-state index is -4.44. The molecule has 0 heterocycles. The first-order valence-electron chi connectivity index (χ1n) is 4.92. The first-order valence-corrected chi connectivity index (χ1v) is 4.92. The summed E-state index contributed by atoms with van der Waals surface area (Å²) in [5.74, 6) is 0. The van der Waals surface area contributed by atoms with Crippen LogP contribution in [-0.4, -0.2) is 28.0 Å². The van der Waals surface area contributed by atoms with Crippen molar-refractivity contribution in [3.8, 4) is 0 Å². The maximum Gasteiger partial charge on any atom is 0.416 e. The predicted molar refractivity (Wildman–Crippen MR) is 54.2 cm³/mol. The molecule has 0 radical (unpaired) electrons. The van der Waals surface area contributed by atoms with Crippen molar-refractivity contribution in [3.63, 3.8) is 0 Å². The Balaban J connectivity index is 3.06. The zero-order chi connectivity index (χ0) is 13.2. The van der Waals surface area contributed by atoms with Crippen LogP contribution < -0.4 is 0 Å². The van der Waals surface area contributed by atoms with Gasteiger partial charge in [-0.3, -0.25) is 0 Å². The Morgan fingerprint density at radius 2 is 1.82 bits per heavy atom. The van der Waals surface area contributed by atoms with Gasteiger partial charge in [0.2, 0.25) is 0 Å². The zero-order valence-electron chi connectivity index (χ0n) is 9.07. The molecule has 0 fully saturated rings. The molecule has 2 unspecified atom stereocenters. The molecule has 96 valence electrons. The van der Waals surface area contributed by atoms with E-state index in [0.717, 1.165) is 18.2 Å². The number of hydrogen-bond acceptors (Lipinski definition) is 3. The highest BCUT2D eigenvalue weighted by atomic mass is 19.4. The molecule has 0 aliphatic carbocycles. The second kappa shape index (κ2) is 5.03. The van der Waals surface area contributed by atoms with Gasteiger partial charge in [0.25, 0.3) is 0 Å².